The molecule has 3 nitrogen and oxygen atoms in total. The van der Waals surface area contributed by atoms with Crippen LogP contribution in [-0.4, -0.2) is 16.7 Å². The highest BCUT2D eigenvalue weighted by Crippen LogP contribution is 2.34. The van der Waals surface area contributed by atoms with Crippen molar-refractivity contribution < 1.29 is 14.6 Å². The normalized spacial score (nSPS) is 17.4. The van der Waals surface area contributed by atoms with Gasteiger partial charge in [-0.2, -0.15) is 0 Å². The molecule has 0 spiro atoms. The molecule has 0 bridgehead atoms. The Hall–Kier alpha value is -1.77. The molecule has 0 radical (unpaired) electrons. The maximum atomic E-state index is 12.1. The lowest BCUT2D eigenvalue weighted by molar-refractivity contribution is -0.00633. The largest absolute Gasteiger partial charge is 0.507 e. The van der Waals surface area contributed by atoms with Crippen molar-refractivity contribution in [1.82, 2.24) is 0 Å². The van der Waals surface area contributed by atoms with Gasteiger partial charge in [-0.15, -0.1) is 0 Å². The Morgan fingerprint density at radius 3 is 2.72 bits per heavy atom. The van der Waals surface area contributed by atoms with Gasteiger partial charge >= 0.3 is 5.97 Å². The number of rotatable bonds is 3. The highest BCUT2D eigenvalue weighted by atomic mass is 16.6. The van der Waals surface area contributed by atoms with Crippen LogP contribution in [0.4, 0.5) is 0 Å². The van der Waals surface area contributed by atoms with Gasteiger partial charge in [0.15, 0.2) is 0 Å². The highest BCUT2D eigenvalue weighted by molar-refractivity contribution is 5.93. The number of benzene rings is 1. The number of phenols is 1. The number of aromatic hydroxyl groups is 1. The third-order valence-corrected chi connectivity index (χ3v) is 3.48. The minimum absolute atomic E-state index is 0.0489. The second kappa shape index (κ2) is 4.84. The van der Waals surface area contributed by atoms with Gasteiger partial charge in [-0.05, 0) is 50.3 Å². The van der Waals surface area contributed by atoms with Gasteiger partial charge in [-0.1, -0.05) is 18.7 Å². The van der Waals surface area contributed by atoms with Crippen LogP contribution in [0.25, 0.3) is 6.08 Å². The number of ether oxygens (including phenoxy) is 1. The van der Waals surface area contributed by atoms with Crippen LogP contribution >= 0.6 is 0 Å². The van der Waals surface area contributed by atoms with Gasteiger partial charge < -0.3 is 9.84 Å². The Balaban J connectivity index is 2.20. The second-order valence-electron chi connectivity index (χ2n) is 5.03. The fourth-order valence-corrected chi connectivity index (χ4v) is 2.35. The van der Waals surface area contributed by atoms with Crippen LogP contribution in [0.2, 0.25) is 0 Å². The Bertz CT molecular complexity index is 471. The summed E-state index contributed by atoms with van der Waals surface area (Å²) in [5, 5.41) is 9.72. The first-order valence-electron chi connectivity index (χ1n) is 6.23. The summed E-state index contributed by atoms with van der Waals surface area (Å²) >= 11 is 0. The predicted octanol–water partition coefficient (Wildman–Crippen LogP) is 3.52. The van der Waals surface area contributed by atoms with E-state index >= 15 is 0 Å². The fraction of sp³-hybridized carbons (Fsp3) is 0.400. The molecule has 0 aromatic heterocycles. The molecule has 1 fully saturated rings. The van der Waals surface area contributed by atoms with Gasteiger partial charge in [-0.3, -0.25) is 0 Å². The molecule has 1 aliphatic rings. The van der Waals surface area contributed by atoms with Crippen molar-refractivity contribution in [2.45, 2.75) is 38.2 Å². The van der Waals surface area contributed by atoms with Gasteiger partial charge in [-0.25, -0.2) is 4.79 Å². The SMILES string of the molecule is C=Cc1ccc(O)c(C(=O)OC2(C)CCCC2)c1. The van der Waals surface area contributed by atoms with Crippen LogP contribution in [-0.2, 0) is 4.74 Å². The molecule has 96 valence electrons. The molecule has 1 aromatic rings. The minimum atomic E-state index is -0.458. The van der Waals surface area contributed by atoms with E-state index in [-0.39, 0.29) is 16.9 Å². The van der Waals surface area contributed by atoms with E-state index in [1.54, 1.807) is 18.2 Å². The average molecular weight is 246 g/mol. The summed E-state index contributed by atoms with van der Waals surface area (Å²) in [5.74, 6) is -0.507. The molecule has 1 N–H and O–H groups in total. The molecule has 0 heterocycles. The number of esters is 1. The summed E-state index contributed by atoms with van der Waals surface area (Å²) in [6.45, 7) is 5.59. The molecule has 18 heavy (non-hydrogen) atoms. The van der Waals surface area contributed by atoms with E-state index in [4.69, 9.17) is 4.74 Å². The van der Waals surface area contributed by atoms with Gasteiger partial charge in [0.05, 0.1) is 0 Å². The van der Waals surface area contributed by atoms with Crippen molar-refractivity contribution >= 4 is 12.0 Å². The molecule has 0 unspecified atom stereocenters. The van der Waals surface area contributed by atoms with Crippen molar-refractivity contribution in [1.29, 1.82) is 0 Å². The zero-order valence-corrected chi connectivity index (χ0v) is 10.6. The van der Waals surface area contributed by atoms with Crippen LogP contribution in [0.3, 0.4) is 0 Å². The zero-order chi connectivity index (χ0) is 13.2. The summed E-state index contributed by atoms with van der Waals surface area (Å²) in [6, 6.07) is 4.80. The van der Waals surface area contributed by atoms with Crippen molar-refractivity contribution in [3.63, 3.8) is 0 Å². The van der Waals surface area contributed by atoms with Crippen molar-refractivity contribution in [3.05, 3.63) is 35.9 Å². The first-order valence-corrected chi connectivity index (χ1v) is 6.23. The third-order valence-electron chi connectivity index (χ3n) is 3.48. The van der Waals surface area contributed by atoms with Gasteiger partial charge in [0.1, 0.15) is 16.9 Å². The molecular weight excluding hydrogens is 228 g/mol. The van der Waals surface area contributed by atoms with E-state index in [9.17, 15) is 9.90 Å². The highest BCUT2D eigenvalue weighted by Gasteiger charge is 2.33. The lowest BCUT2D eigenvalue weighted by Gasteiger charge is -2.24. The third kappa shape index (κ3) is 2.55. The molecule has 0 atom stereocenters. The molecule has 1 aromatic carbocycles. The molecule has 1 aliphatic carbocycles. The minimum Gasteiger partial charge on any atom is -0.507 e. The first kappa shape index (κ1) is 12.7. The van der Waals surface area contributed by atoms with E-state index in [1.165, 1.54) is 6.07 Å². The lowest BCUT2D eigenvalue weighted by Crippen LogP contribution is -2.28. The van der Waals surface area contributed by atoms with Crippen LogP contribution in [0, 0.1) is 0 Å². The van der Waals surface area contributed by atoms with Crippen molar-refractivity contribution in [2.75, 3.05) is 0 Å². The lowest BCUT2D eigenvalue weighted by atomic mass is 10.0. The number of hydrogen-bond donors (Lipinski definition) is 1. The Labute approximate surface area is 107 Å². The van der Waals surface area contributed by atoms with Gasteiger partial charge in [0, 0.05) is 0 Å². The van der Waals surface area contributed by atoms with E-state index in [0.717, 1.165) is 31.2 Å². The van der Waals surface area contributed by atoms with Gasteiger partial charge in [0.25, 0.3) is 0 Å². The summed E-state index contributed by atoms with van der Waals surface area (Å²) in [7, 11) is 0. The van der Waals surface area contributed by atoms with Crippen LogP contribution < -0.4 is 0 Å². The quantitative estimate of drug-likeness (QED) is 0.830. The molecule has 2 rings (SSSR count). The zero-order valence-electron chi connectivity index (χ0n) is 10.6. The second-order valence-corrected chi connectivity index (χ2v) is 5.03. The molecule has 1 saturated carbocycles. The smallest absolute Gasteiger partial charge is 0.342 e. The van der Waals surface area contributed by atoms with Crippen LogP contribution in [0.1, 0.15) is 48.5 Å². The summed E-state index contributed by atoms with van der Waals surface area (Å²) in [5.41, 5.74) is 0.616. The molecule has 3 heteroatoms. The summed E-state index contributed by atoms with van der Waals surface area (Å²) in [4.78, 5) is 12.1. The maximum Gasteiger partial charge on any atom is 0.342 e. The monoisotopic (exact) mass is 246 g/mol. The Morgan fingerprint density at radius 1 is 1.44 bits per heavy atom. The summed E-state index contributed by atoms with van der Waals surface area (Å²) in [6.07, 6.45) is 5.58. The molecular formula is C15H18O3. The number of carbonyl (C=O) groups excluding carboxylic acids is 1. The maximum absolute atomic E-state index is 12.1. The standard InChI is InChI=1S/C15H18O3/c1-3-11-6-7-13(16)12(10-11)14(17)18-15(2)8-4-5-9-15/h3,6-7,10,16H,1,4-5,8-9H2,2H3. The first-order chi connectivity index (χ1) is 8.54. The number of hydrogen-bond acceptors (Lipinski definition) is 3. The number of phenolic OH excluding ortho intramolecular Hbond substituents is 1. The average Bonchev–Trinajstić information content (AvgIpc) is 2.76. The topological polar surface area (TPSA) is 46.5 Å². The van der Waals surface area contributed by atoms with Crippen molar-refractivity contribution in [2.24, 2.45) is 0 Å². The summed E-state index contributed by atoms with van der Waals surface area (Å²) < 4.78 is 5.53. The Morgan fingerprint density at radius 2 is 2.11 bits per heavy atom. The molecule has 0 aliphatic heterocycles. The van der Waals surface area contributed by atoms with E-state index in [1.807, 2.05) is 6.92 Å². The van der Waals surface area contributed by atoms with Crippen molar-refractivity contribution in [3.8, 4) is 5.75 Å². The van der Waals surface area contributed by atoms with Crippen LogP contribution in [0.15, 0.2) is 24.8 Å². The van der Waals surface area contributed by atoms with Crippen LogP contribution in [0.5, 0.6) is 5.75 Å². The number of carbonyl (C=O) groups is 1. The van der Waals surface area contributed by atoms with E-state index < -0.39 is 5.97 Å². The predicted molar refractivity (Wildman–Crippen MR) is 70.5 cm³/mol. The fourth-order valence-electron chi connectivity index (χ4n) is 2.35. The van der Waals surface area contributed by atoms with E-state index in [2.05, 4.69) is 6.58 Å². The van der Waals surface area contributed by atoms with Gasteiger partial charge in [0.2, 0.25) is 0 Å². The molecule has 0 saturated heterocycles. The molecule has 0 amide bonds. The van der Waals surface area contributed by atoms with E-state index in [0.29, 0.717) is 0 Å². The Kier molecular flexibility index (Phi) is 3.41.